The van der Waals surface area contributed by atoms with Crippen molar-refractivity contribution >= 4 is 21.5 Å². The molecule has 168 valence electrons. The molecule has 2 aromatic heterocycles. The fourth-order valence-electron chi connectivity index (χ4n) is 3.40. The number of benzene rings is 1. The van der Waals surface area contributed by atoms with Crippen molar-refractivity contribution in [3.05, 3.63) is 35.8 Å². The molecule has 0 radical (unpaired) electrons. The highest BCUT2D eigenvalue weighted by atomic mass is 32.2. The Morgan fingerprint density at radius 3 is 2.69 bits per heavy atom. The van der Waals surface area contributed by atoms with Crippen molar-refractivity contribution in [1.82, 2.24) is 23.9 Å². The Bertz CT molecular complexity index is 1340. The molecule has 9 nitrogen and oxygen atoms in total. The number of halogens is 3. The van der Waals surface area contributed by atoms with Gasteiger partial charge in [0.25, 0.3) is 5.82 Å². The van der Waals surface area contributed by atoms with Crippen molar-refractivity contribution in [2.45, 2.75) is 43.3 Å². The smallest absolute Gasteiger partial charge is 0.380 e. The van der Waals surface area contributed by atoms with Gasteiger partial charge < -0.3 is 5.73 Å². The monoisotopic (exact) mass is 465 g/mol. The van der Waals surface area contributed by atoms with Crippen LogP contribution in [-0.2, 0) is 16.2 Å². The second-order valence-corrected chi connectivity index (χ2v) is 9.32. The summed E-state index contributed by atoms with van der Waals surface area (Å²) in [5.41, 5.74) is 6.65. The van der Waals surface area contributed by atoms with Crippen molar-refractivity contribution < 1.29 is 21.6 Å². The molecule has 0 unspecified atom stereocenters. The number of nitrogens with zero attached hydrogens (tertiary/aromatic N) is 6. The fourth-order valence-corrected chi connectivity index (χ4v) is 5.11. The molecule has 0 amide bonds. The van der Waals surface area contributed by atoms with E-state index >= 15 is 0 Å². The maximum Gasteiger partial charge on any atom is 0.453 e. The highest BCUT2D eigenvalue weighted by molar-refractivity contribution is 7.89. The van der Waals surface area contributed by atoms with Gasteiger partial charge in [0.05, 0.1) is 22.9 Å². The third-order valence-electron chi connectivity index (χ3n) is 5.13. The molecule has 13 heteroatoms. The number of fused-ring (bicyclic) bond motifs is 1. The number of aromatic nitrogens is 4. The van der Waals surface area contributed by atoms with Gasteiger partial charge in [0, 0.05) is 24.6 Å². The van der Waals surface area contributed by atoms with Crippen LogP contribution in [0.3, 0.4) is 0 Å². The summed E-state index contributed by atoms with van der Waals surface area (Å²) in [6.07, 6.45) is -2.07. The molecule has 0 saturated heterocycles. The lowest BCUT2D eigenvalue weighted by Gasteiger charge is -2.21. The van der Waals surface area contributed by atoms with Gasteiger partial charge in [-0.1, -0.05) is 6.07 Å². The number of alkyl halides is 3. The molecule has 1 aliphatic carbocycles. The molecule has 1 aromatic carbocycles. The van der Waals surface area contributed by atoms with Gasteiger partial charge in [0.15, 0.2) is 11.5 Å². The van der Waals surface area contributed by atoms with Crippen molar-refractivity contribution in [2.75, 3.05) is 12.3 Å². The third kappa shape index (κ3) is 3.87. The van der Waals surface area contributed by atoms with Crippen molar-refractivity contribution in [1.29, 1.82) is 5.26 Å². The predicted molar refractivity (Wildman–Crippen MR) is 108 cm³/mol. The van der Waals surface area contributed by atoms with E-state index in [9.17, 15) is 21.6 Å². The van der Waals surface area contributed by atoms with Crippen LogP contribution >= 0.6 is 0 Å². The number of nitriles is 1. The first kappa shape index (κ1) is 22.0. The number of imidazole rings is 1. The molecular formula is C19H18F3N7O2S. The maximum absolute atomic E-state index is 13.3. The second-order valence-electron chi connectivity index (χ2n) is 7.43. The zero-order valence-corrected chi connectivity index (χ0v) is 17.7. The molecule has 1 aliphatic rings. The summed E-state index contributed by atoms with van der Waals surface area (Å²) in [5, 5.41) is 12.4. The van der Waals surface area contributed by atoms with Gasteiger partial charge in [-0.25, -0.2) is 22.9 Å². The zero-order chi connectivity index (χ0) is 23.3. The molecule has 0 atom stereocenters. The maximum atomic E-state index is 13.3. The third-order valence-corrected chi connectivity index (χ3v) is 7.08. The van der Waals surface area contributed by atoms with Crippen LogP contribution in [0.2, 0.25) is 0 Å². The van der Waals surface area contributed by atoms with E-state index in [1.165, 1.54) is 22.6 Å². The SMILES string of the molecule is Cc1ccc(S(=O)(=O)N(CCC#N)C2CC2)cc1-c1cnc2c(N)nc(C(F)(F)F)nn12. The summed E-state index contributed by atoms with van der Waals surface area (Å²) in [6.45, 7) is 1.76. The van der Waals surface area contributed by atoms with Crippen LogP contribution < -0.4 is 5.73 Å². The van der Waals surface area contributed by atoms with Crippen molar-refractivity contribution in [3.63, 3.8) is 0 Å². The number of nitrogen functional groups attached to an aromatic ring is 1. The Balaban J connectivity index is 1.84. The van der Waals surface area contributed by atoms with Gasteiger partial charge in [-0.2, -0.15) is 22.7 Å². The first-order valence-electron chi connectivity index (χ1n) is 9.62. The number of nitrogens with two attached hydrogens (primary N) is 1. The number of sulfonamides is 1. The van der Waals surface area contributed by atoms with E-state index in [1.54, 1.807) is 13.0 Å². The minimum absolute atomic E-state index is 0.0315. The normalized spacial score (nSPS) is 14.8. The van der Waals surface area contributed by atoms with E-state index in [1.807, 2.05) is 6.07 Å². The number of hydrogen-bond donors (Lipinski definition) is 1. The van der Waals surface area contributed by atoms with E-state index in [2.05, 4.69) is 15.1 Å². The topological polar surface area (TPSA) is 130 Å². The van der Waals surface area contributed by atoms with Crippen molar-refractivity contribution in [3.8, 4) is 17.3 Å². The summed E-state index contributed by atoms with van der Waals surface area (Å²) in [6, 6.07) is 6.17. The molecular weight excluding hydrogens is 447 g/mol. The summed E-state index contributed by atoms with van der Waals surface area (Å²) in [5.74, 6) is -1.88. The minimum Gasteiger partial charge on any atom is -0.380 e. The average Bonchev–Trinajstić information content (AvgIpc) is 3.45. The largest absolute Gasteiger partial charge is 0.453 e. The van der Waals surface area contributed by atoms with Gasteiger partial charge in [-0.05, 0) is 37.5 Å². The quantitative estimate of drug-likeness (QED) is 0.592. The molecule has 1 saturated carbocycles. The van der Waals surface area contributed by atoms with E-state index in [0.29, 0.717) is 24.0 Å². The van der Waals surface area contributed by atoms with Gasteiger partial charge in [0.1, 0.15) is 0 Å². The number of rotatable bonds is 6. The van der Waals surface area contributed by atoms with Gasteiger partial charge in [0.2, 0.25) is 10.0 Å². The van der Waals surface area contributed by atoms with Crippen molar-refractivity contribution in [2.24, 2.45) is 0 Å². The molecule has 0 bridgehead atoms. The average molecular weight is 465 g/mol. The molecule has 4 rings (SSSR count). The second kappa shape index (κ2) is 7.72. The highest BCUT2D eigenvalue weighted by Gasteiger charge is 2.38. The molecule has 1 fully saturated rings. The Kier molecular flexibility index (Phi) is 5.30. The van der Waals surface area contributed by atoms with E-state index in [0.717, 1.165) is 4.52 Å². The number of aryl methyl sites for hydroxylation is 1. The molecule has 3 aromatic rings. The van der Waals surface area contributed by atoms with Crippen LogP contribution in [0.25, 0.3) is 16.9 Å². The predicted octanol–water partition coefficient (Wildman–Crippen LogP) is 2.77. The molecule has 2 N–H and O–H groups in total. The lowest BCUT2D eigenvalue weighted by molar-refractivity contribution is -0.145. The zero-order valence-electron chi connectivity index (χ0n) is 16.8. The standard InChI is InChI=1S/C19H18F3N7O2S/c1-11-3-6-13(32(30,31)28(8-2-7-23)12-4-5-12)9-14(11)15-10-25-17-16(24)26-18(19(20,21)22)27-29(15)17/h3,6,9-10,12H,2,4-5,8H2,1H3,(H2,24,26,27). The van der Waals surface area contributed by atoms with Crippen LogP contribution in [0.4, 0.5) is 19.0 Å². The lowest BCUT2D eigenvalue weighted by Crippen LogP contribution is -2.34. The lowest BCUT2D eigenvalue weighted by atomic mass is 10.1. The van der Waals surface area contributed by atoms with Gasteiger partial charge in [-0.3, -0.25) is 0 Å². The Morgan fingerprint density at radius 2 is 2.06 bits per heavy atom. The molecule has 2 heterocycles. The molecule has 0 aliphatic heterocycles. The first-order valence-corrected chi connectivity index (χ1v) is 11.1. The summed E-state index contributed by atoms with van der Waals surface area (Å²) in [4.78, 5) is 7.25. The summed E-state index contributed by atoms with van der Waals surface area (Å²) >= 11 is 0. The van der Waals surface area contributed by atoms with Crippen LogP contribution in [0, 0.1) is 18.3 Å². The van der Waals surface area contributed by atoms with Crippen LogP contribution in [0.1, 0.15) is 30.7 Å². The molecule has 0 spiro atoms. The number of hydrogen-bond acceptors (Lipinski definition) is 7. The van der Waals surface area contributed by atoms with Crippen LogP contribution in [-0.4, -0.2) is 44.9 Å². The van der Waals surface area contributed by atoms with E-state index in [-0.39, 0.29) is 35.2 Å². The first-order chi connectivity index (χ1) is 15.0. The van der Waals surface area contributed by atoms with Crippen LogP contribution in [0.15, 0.2) is 29.3 Å². The Hall–Kier alpha value is -3.24. The Labute approximate surface area is 181 Å². The minimum atomic E-state index is -4.82. The summed E-state index contributed by atoms with van der Waals surface area (Å²) < 4.78 is 68.3. The summed E-state index contributed by atoms with van der Waals surface area (Å²) in [7, 11) is -3.92. The van der Waals surface area contributed by atoms with E-state index in [4.69, 9.17) is 11.0 Å². The molecule has 32 heavy (non-hydrogen) atoms. The van der Waals surface area contributed by atoms with Gasteiger partial charge >= 0.3 is 6.18 Å². The highest BCUT2D eigenvalue weighted by Crippen LogP contribution is 2.35. The fraction of sp³-hybridized carbons (Fsp3) is 0.368. The van der Waals surface area contributed by atoms with Gasteiger partial charge in [-0.15, -0.1) is 5.10 Å². The van der Waals surface area contributed by atoms with Crippen LogP contribution in [0.5, 0.6) is 0 Å². The number of anilines is 1. The Morgan fingerprint density at radius 1 is 1.34 bits per heavy atom. The van der Waals surface area contributed by atoms with E-state index < -0.39 is 27.8 Å².